The first-order chi connectivity index (χ1) is 22.9. The SMILES string of the molecule is CC(=O)N[C@H]1[C@H]([C@H](O)[C@H](O)CNC(=O)c2ccc(O)c(C)c2)OC(CCN2CCOC[C@@]23CCN(C(=O)OC(C)(C)C)C3)(C(=O)O)C[C@@H]1O. The minimum atomic E-state index is -2.03. The molecule has 0 aliphatic carbocycles. The molecule has 7 atom stereocenters. The van der Waals surface area contributed by atoms with Crippen LogP contribution in [0.4, 0.5) is 4.79 Å². The van der Waals surface area contributed by atoms with Gasteiger partial charge in [0, 0.05) is 58.1 Å². The third-order valence-corrected chi connectivity index (χ3v) is 9.41. The second-order valence-corrected chi connectivity index (χ2v) is 14.3. The number of hydrogen-bond donors (Lipinski definition) is 7. The first-order valence-electron chi connectivity index (χ1n) is 16.5. The summed E-state index contributed by atoms with van der Waals surface area (Å²) in [5, 5.41) is 58.7. The Morgan fingerprint density at radius 3 is 2.51 bits per heavy atom. The molecule has 0 radical (unpaired) electrons. The molecule has 0 aromatic heterocycles. The number of carboxylic acids is 1. The molecule has 16 heteroatoms. The molecule has 3 amide bonds. The van der Waals surface area contributed by atoms with Gasteiger partial charge in [-0.15, -0.1) is 0 Å². The first-order valence-corrected chi connectivity index (χ1v) is 16.5. The summed E-state index contributed by atoms with van der Waals surface area (Å²) in [6.45, 7) is 9.69. The number of nitrogens with one attached hydrogen (secondary N) is 2. The number of rotatable bonds is 10. The lowest BCUT2D eigenvalue weighted by atomic mass is 9.81. The number of ether oxygens (including phenoxy) is 3. The fourth-order valence-corrected chi connectivity index (χ4v) is 6.75. The third-order valence-electron chi connectivity index (χ3n) is 9.41. The first kappa shape index (κ1) is 38.3. The van der Waals surface area contributed by atoms with E-state index >= 15 is 0 Å². The molecule has 0 saturated carbocycles. The van der Waals surface area contributed by atoms with Crippen molar-refractivity contribution in [2.75, 3.05) is 45.9 Å². The number of nitrogens with zero attached hydrogens (tertiary/aromatic N) is 2. The Morgan fingerprint density at radius 1 is 1.16 bits per heavy atom. The number of amides is 3. The van der Waals surface area contributed by atoms with Crippen LogP contribution in [0.3, 0.4) is 0 Å². The smallest absolute Gasteiger partial charge is 0.410 e. The van der Waals surface area contributed by atoms with Crippen LogP contribution in [0.1, 0.15) is 62.9 Å². The lowest BCUT2D eigenvalue weighted by Gasteiger charge is -2.49. The molecule has 1 spiro atoms. The average Bonchev–Trinajstić information content (AvgIpc) is 3.44. The van der Waals surface area contributed by atoms with Gasteiger partial charge in [0.25, 0.3) is 5.91 Å². The van der Waals surface area contributed by atoms with Gasteiger partial charge >= 0.3 is 12.1 Å². The fraction of sp³-hybridized carbons (Fsp3) is 0.697. The number of morpholine rings is 1. The van der Waals surface area contributed by atoms with Gasteiger partial charge < -0.3 is 55.3 Å². The molecule has 49 heavy (non-hydrogen) atoms. The summed E-state index contributed by atoms with van der Waals surface area (Å²) < 4.78 is 17.5. The van der Waals surface area contributed by atoms with Crippen molar-refractivity contribution >= 4 is 23.9 Å². The van der Waals surface area contributed by atoms with Gasteiger partial charge in [-0.2, -0.15) is 0 Å². The van der Waals surface area contributed by atoms with Crippen molar-refractivity contribution in [2.24, 2.45) is 0 Å². The van der Waals surface area contributed by atoms with Crippen molar-refractivity contribution in [3.8, 4) is 5.75 Å². The minimum absolute atomic E-state index is 0.000688. The van der Waals surface area contributed by atoms with Crippen LogP contribution in [0.2, 0.25) is 0 Å². The summed E-state index contributed by atoms with van der Waals surface area (Å²) >= 11 is 0. The molecule has 1 unspecified atom stereocenters. The van der Waals surface area contributed by atoms with Crippen molar-refractivity contribution in [1.82, 2.24) is 20.4 Å². The molecule has 3 aliphatic rings. The van der Waals surface area contributed by atoms with Crippen LogP contribution in [-0.2, 0) is 23.8 Å². The Bertz CT molecular complexity index is 1390. The van der Waals surface area contributed by atoms with E-state index in [2.05, 4.69) is 15.5 Å². The van der Waals surface area contributed by atoms with E-state index in [4.69, 9.17) is 14.2 Å². The van der Waals surface area contributed by atoms with Gasteiger partial charge in [-0.1, -0.05) is 0 Å². The molecule has 1 aromatic rings. The van der Waals surface area contributed by atoms with E-state index in [-0.39, 0.29) is 24.3 Å². The van der Waals surface area contributed by atoms with Crippen LogP contribution in [0.25, 0.3) is 0 Å². The highest BCUT2D eigenvalue weighted by molar-refractivity contribution is 5.94. The maximum Gasteiger partial charge on any atom is 0.410 e. The maximum absolute atomic E-state index is 12.9. The van der Waals surface area contributed by atoms with E-state index in [1.807, 2.05) is 0 Å². The molecule has 3 heterocycles. The van der Waals surface area contributed by atoms with E-state index < -0.39 is 84.0 Å². The zero-order valence-electron chi connectivity index (χ0n) is 28.7. The summed E-state index contributed by atoms with van der Waals surface area (Å²) in [5.74, 6) is -2.58. The number of carbonyl (C=O) groups is 4. The standard InChI is InChI=1S/C33H50N4O12/c1-19-14-21(6-7-22(19)39)28(43)34-16-24(41)26(42)27-25(35-20(2)38)23(40)15-33(48-27,29(44)45)9-11-37-12-13-47-18-32(37)8-10-36(17-32)30(46)49-31(3,4)5/h6-7,14,23-27,39-42H,8-13,15-18H2,1-5H3,(H,34,43)(H,35,38)(H,44,45)/t23-,24+,25+,26+,27+,32-,33?/m0/s1. The molecular weight excluding hydrogens is 644 g/mol. The van der Waals surface area contributed by atoms with Crippen molar-refractivity contribution < 1.29 is 58.9 Å². The van der Waals surface area contributed by atoms with E-state index in [0.29, 0.717) is 44.8 Å². The number of phenols is 1. The number of phenolic OH excluding ortho intramolecular Hbond substituents is 1. The lowest BCUT2D eigenvalue weighted by molar-refractivity contribution is -0.231. The molecule has 3 fully saturated rings. The summed E-state index contributed by atoms with van der Waals surface area (Å²) in [5.41, 5.74) is -2.67. The second kappa shape index (κ2) is 15.1. The second-order valence-electron chi connectivity index (χ2n) is 14.3. The molecule has 1 aromatic carbocycles. The van der Waals surface area contributed by atoms with Gasteiger partial charge in [0.2, 0.25) is 5.91 Å². The van der Waals surface area contributed by atoms with Gasteiger partial charge in [0.15, 0.2) is 5.60 Å². The third kappa shape index (κ3) is 8.98. The zero-order chi connectivity index (χ0) is 36.3. The summed E-state index contributed by atoms with van der Waals surface area (Å²) in [4.78, 5) is 54.2. The van der Waals surface area contributed by atoms with Crippen LogP contribution < -0.4 is 10.6 Å². The van der Waals surface area contributed by atoms with E-state index in [1.165, 1.54) is 25.1 Å². The van der Waals surface area contributed by atoms with Gasteiger partial charge in [-0.05, 0) is 57.9 Å². The van der Waals surface area contributed by atoms with E-state index in [9.17, 15) is 44.7 Å². The topological polar surface area (TPSA) is 228 Å². The lowest BCUT2D eigenvalue weighted by Crippen LogP contribution is -2.68. The number of hydrogen-bond acceptors (Lipinski definition) is 12. The highest BCUT2D eigenvalue weighted by Crippen LogP contribution is 2.38. The van der Waals surface area contributed by atoms with Gasteiger partial charge in [-0.25, -0.2) is 9.59 Å². The van der Waals surface area contributed by atoms with Crippen molar-refractivity contribution in [2.45, 2.75) is 101 Å². The Hall–Kier alpha value is -3.54. The van der Waals surface area contributed by atoms with Gasteiger partial charge in [0.1, 0.15) is 23.6 Å². The average molecular weight is 695 g/mol. The normalized spacial score (nSPS) is 28.9. The highest BCUT2D eigenvalue weighted by atomic mass is 16.6. The number of aliphatic carboxylic acids is 1. The van der Waals surface area contributed by atoms with Crippen LogP contribution in [-0.4, -0.2) is 152 Å². The van der Waals surface area contributed by atoms with Crippen LogP contribution in [0.15, 0.2) is 18.2 Å². The Labute approximate surface area is 285 Å². The van der Waals surface area contributed by atoms with Crippen LogP contribution in [0.5, 0.6) is 5.75 Å². The number of likely N-dealkylation sites (tertiary alicyclic amines) is 1. The van der Waals surface area contributed by atoms with Crippen molar-refractivity contribution in [3.05, 3.63) is 29.3 Å². The Balaban J connectivity index is 1.50. The summed E-state index contributed by atoms with van der Waals surface area (Å²) in [6.07, 6.45) is -7.07. The molecule has 4 rings (SSSR count). The number of carboxylic acid groups (broad SMARTS) is 1. The van der Waals surface area contributed by atoms with Crippen LogP contribution in [0, 0.1) is 6.92 Å². The fourth-order valence-electron chi connectivity index (χ4n) is 6.75. The zero-order valence-corrected chi connectivity index (χ0v) is 28.7. The predicted molar refractivity (Wildman–Crippen MR) is 173 cm³/mol. The monoisotopic (exact) mass is 694 g/mol. The number of aromatic hydroxyl groups is 1. The molecule has 3 saturated heterocycles. The quantitative estimate of drug-likeness (QED) is 0.168. The van der Waals surface area contributed by atoms with Gasteiger partial charge in [-0.3, -0.25) is 14.5 Å². The van der Waals surface area contributed by atoms with Crippen molar-refractivity contribution in [3.63, 3.8) is 0 Å². The largest absolute Gasteiger partial charge is 0.508 e. The summed E-state index contributed by atoms with van der Waals surface area (Å²) in [6, 6.07) is 2.89. The van der Waals surface area contributed by atoms with Gasteiger partial charge in [0.05, 0.1) is 37.0 Å². The maximum atomic E-state index is 12.9. The summed E-state index contributed by atoms with van der Waals surface area (Å²) in [7, 11) is 0. The number of carbonyl (C=O) groups excluding carboxylic acids is 3. The number of aliphatic hydroxyl groups excluding tert-OH is 3. The number of benzene rings is 1. The number of aryl methyl sites for hydroxylation is 1. The molecular formula is C33H50N4O12. The molecule has 0 bridgehead atoms. The molecule has 274 valence electrons. The molecule has 7 N–H and O–H groups in total. The van der Waals surface area contributed by atoms with E-state index in [0.717, 1.165) is 0 Å². The van der Waals surface area contributed by atoms with E-state index in [1.54, 1.807) is 32.6 Å². The minimum Gasteiger partial charge on any atom is -0.508 e. The molecule has 3 aliphatic heterocycles. The Kier molecular flexibility index (Phi) is 11.8. The van der Waals surface area contributed by atoms with Crippen molar-refractivity contribution in [1.29, 1.82) is 0 Å². The predicted octanol–water partition coefficient (Wildman–Crippen LogP) is -0.268. The number of aliphatic hydroxyl groups is 3. The highest BCUT2D eigenvalue weighted by Gasteiger charge is 2.55. The molecule has 16 nitrogen and oxygen atoms in total. The Morgan fingerprint density at radius 2 is 1.88 bits per heavy atom. The van der Waals surface area contributed by atoms with Crippen LogP contribution >= 0.6 is 0 Å².